The van der Waals surface area contributed by atoms with Crippen molar-refractivity contribution in [2.45, 2.75) is 26.7 Å². The van der Waals surface area contributed by atoms with Crippen LogP contribution in [0, 0.1) is 0 Å². The second-order valence-corrected chi connectivity index (χ2v) is 7.28. The average molecular weight is 410 g/mol. The van der Waals surface area contributed by atoms with Gasteiger partial charge in [0, 0.05) is 55.7 Å². The summed E-state index contributed by atoms with van der Waals surface area (Å²) in [6.45, 7) is 9.86. The molecule has 6 heteroatoms. The molecule has 0 N–H and O–H groups in total. The van der Waals surface area contributed by atoms with Crippen LogP contribution in [0.5, 0.6) is 0 Å². The van der Waals surface area contributed by atoms with E-state index in [0.29, 0.717) is 25.1 Å². The van der Waals surface area contributed by atoms with Crippen molar-refractivity contribution >= 4 is 27.7 Å². The van der Waals surface area contributed by atoms with Crippen molar-refractivity contribution < 1.29 is 9.59 Å². The lowest BCUT2D eigenvalue weighted by Crippen LogP contribution is -2.49. The number of halogens is 1. The molecule has 1 saturated heterocycles. The van der Waals surface area contributed by atoms with Crippen LogP contribution >= 0.6 is 15.9 Å². The zero-order valence-electron chi connectivity index (χ0n) is 15.2. The molecule has 1 aliphatic heterocycles. The third-order valence-electron chi connectivity index (χ3n) is 4.64. The summed E-state index contributed by atoms with van der Waals surface area (Å²) in [7, 11) is 0. The van der Waals surface area contributed by atoms with E-state index in [0.717, 1.165) is 43.6 Å². The van der Waals surface area contributed by atoms with Crippen molar-refractivity contribution in [3.05, 3.63) is 34.3 Å². The molecule has 0 aliphatic carbocycles. The Bertz CT molecular complexity index is 569. The number of amides is 2. The molecular formula is C19H28BrN3O2. The Morgan fingerprint density at radius 1 is 1.04 bits per heavy atom. The van der Waals surface area contributed by atoms with E-state index < -0.39 is 0 Å². The molecule has 2 rings (SSSR count). The van der Waals surface area contributed by atoms with Crippen LogP contribution < -0.4 is 0 Å². The fourth-order valence-electron chi connectivity index (χ4n) is 3.06. The predicted octanol–water partition coefficient (Wildman–Crippen LogP) is 2.86. The zero-order valence-corrected chi connectivity index (χ0v) is 16.8. The summed E-state index contributed by atoms with van der Waals surface area (Å²) < 4.78 is 0.951. The molecule has 138 valence electrons. The fraction of sp³-hybridized carbons (Fsp3) is 0.579. The van der Waals surface area contributed by atoms with Gasteiger partial charge in [-0.3, -0.25) is 9.59 Å². The fourth-order valence-corrected chi connectivity index (χ4v) is 3.33. The van der Waals surface area contributed by atoms with Gasteiger partial charge in [0.15, 0.2) is 0 Å². The topological polar surface area (TPSA) is 43.9 Å². The minimum Gasteiger partial charge on any atom is -0.340 e. The van der Waals surface area contributed by atoms with Crippen molar-refractivity contribution in [1.29, 1.82) is 0 Å². The van der Waals surface area contributed by atoms with Gasteiger partial charge in [0.05, 0.1) is 0 Å². The predicted molar refractivity (Wildman–Crippen MR) is 104 cm³/mol. The van der Waals surface area contributed by atoms with Crippen molar-refractivity contribution in [2.24, 2.45) is 0 Å². The van der Waals surface area contributed by atoms with Crippen LogP contribution in [-0.4, -0.2) is 72.3 Å². The number of carbonyl (C=O) groups is 2. The lowest BCUT2D eigenvalue weighted by Gasteiger charge is -2.34. The molecule has 1 aliphatic rings. The van der Waals surface area contributed by atoms with E-state index in [9.17, 15) is 9.59 Å². The monoisotopic (exact) mass is 409 g/mol. The molecular weight excluding hydrogens is 382 g/mol. The van der Waals surface area contributed by atoms with E-state index >= 15 is 0 Å². The van der Waals surface area contributed by atoms with Gasteiger partial charge in [0.25, 0.3) is 5.91 Å². The Morgan fingerprint density at radius 3 is 2.24 bits per heavy atom. The van der Waals surface area contributed by atoms with Crippen LogP contribution in [0.25, 0.3) is 0 Å². The molecule has 1 fully saturated rings. The highest BCUT2D eigenvalue weighted by atomic mass is 79.9. The normalized spacial score (nSPS) is 15.2. The summed E-state index contributed by atoms with van der Waals surface area (Å²) in [5, 5.41) is 0. The smallest absolute Gasteiger partial charge is 0.253 e. The number of nitrogens with zero attached hydrogens (tertiary/aromatic N) is 3. The molecule has 0 radical (unpaired) electrons. The highest BCUT2D eigenvalue weighted by molar-refractivity contribution is 9.10. The Kier molecular flexibility index (Phi) is 7.90. The third kappa shape index (κ3) is 5.82. The van der Waals surface area contributed by atoms with Crippen molar-refractivity contribution in [1.82, 2.24) is 14.7 Å². The number of hydrogen-bond donors (Lipinski definition) is 0. The molecule has 1 aromatic carbocycles. The maximum Gasteiger partial charge on any atom is 0.253 e. The Hall–Kier alpha value is -1.40. The van der Waals surface area contributed by atoms with Crippen LogP contribution in [0.4, 0.5) is 0 Å². The van der Waals surface area contributed by atoms with Gasteiger partial charge in [-0.05, 0) is 37.2 Å². The number of hydrogen-bond acceptors (Lipinski definition) is 3. The number of piperazine rings is 1. The lowest BCUT2D eigenvalue weighted by atomic mass is 10.2. The first kappa shape index (κ1) is 19.9. The summed E-state index contributed by atoms with van der Waals surface area (Å²) in [6.07, 6.45) is 1.28. The summed E-state index contributed by atoms with van der Waals surface area (Å²) in [5.41, 5.74) is 0.667. The third-order valence-corrected chi connectivity index (χ3v) is 5.17. The first-order chi connectivity index (χ1) is 12.0. The van der Waals surface area contributed by atoms with E-state index in [-0.39, 0.29) is 11.8 Å². The molecule has 0 aromatic heterocycles. The summed E-state index contributed by atoms with van der Waals surface area (Å²) in [5.74, 6) is 0.151. The van der Waals surface area contributed by atoms with Gasteiger partial charge in [-0.1, -0.05) is 29.8 Å². The molecule has 5 nitrogen and oxygen atoms in total. The minimum absolute atomic E-state index is 0.00190. The standard InChI is InChI=1S/C19H28BrN3O2/c1-3-10-23(19(25)16-5-7-17(20)8-6-16)11-9-18(24)22-14-12-21(4-2)13-15-22/h5-8H,3-4,9-15H2,1-2H3. The Labute approximate surface area is 159 Å². The van der Waals surface area contributed by atoms with Crippen molar-refractivity contribution in [2.75, 3.05) is 45.8 Å². The highest BCUT2D eigenvalue weighted by Gasteiger charge is 2.22. The molecule has 0 bridgehead atoms. The van der Waals surface area contributed by atoms with E-state index in [1.807, 2.05) is 36.1 Å². The van der Waals surface area contributed by atoms with Crippen LogP contribution in [0.15, 0.2) is 28.7 Å². The number of rotatable bonds is 7. The van der Waals surface area contributed by atoms with Gasteiger partial charge < -0.3 is 14.7 Å². The number of benzene rings is 1. The molecule has 1 heterocycles. The van der Waals surface area contributed by atoms with E-state index in [1.165, 1.54) is 0 Å². The summed E-state index contributed by atoms with van der Waals surface area (Å²) in [6, 6.07) is 7.38. The van der Waals surface area contributed by atoms with Crippen molar-refractivity contribution in [3.63, 3.8) is 0 Å². The Balaban J connectivity index is 1.89. The molecule has 0 saturated carbocycles. The summed E-state index contributed by atoms with van der Waals surface area (Å²) in [4.78, 5) is 31.2. The quantitative estimate of drug-likeness (QED) is 0.695. The van der Waals surface area contributed by atoms with Gasteiger partial charge in [0.1, 0.15) is 0 Å². The Morgan fingerprint density at radius 2 is 1.68 bits per heavy atom. The molecule has 0 atom stereocenters. The van der Waals surface area contributed by atoms with Crippen LogP contribution in [0.3, 0.4) is 0 Å². The molecule has 0 unspecified atom stereocenters. The molecule has 2 amide bonds. The van der Waals surface area contributed by atoms with Crippen LogP contribution in [0.1, 0.15) is 37.0 Å². The van der Waals surface area contributed by atoms with Gasteiger partial charge >= 0.3 is 0 Å². The molecule has 0 spiro atoms. The van der Waals surface area contributed by atoms with Crippen LogP contribution in [0.2, 0.25) is 0 Å². The minimum atomic E-state index is -0.00190. The van der Waals surface area contributed by atoms with Crippen LogP contribution in [-0.2, 0) is 4.79 Å². The first-order valence-electron chi connectivity index (χ1n) is 9.10. The SMILES string of the molecule is CCCN(CCC(=O)N1CCN(CC)CC1)C(=O)c1ccc(Br)cc1. The maximum absolute atomic E-state index is 12.7. The van der Waals surface area contributed by atoms with E-state index in [4.69, 9.17) is 0 Å². The van der Waals surface area contributed by atoms with Gasteiger partial charge in [-0.15, -0.1) is 0 Å². The maximum atomic E-state index is 12.7. The summed E-state index contributed by atoms with van der Waals surface area (Å²) >= 11 is 3.39. The zero-order chi connectivity index (χ0) is 18.2. The van der Waals surface area contributed by atoms with E-state index in [2.05, 4.69) is 27.8 Å². The van der Waals surface area contributed by atoms with Gasteiger partial charge in [0.2, 0.25) is 5.91 Å². The highest BCUT2D eigenvalue weighted by Crippen LogP contribution is 2.13. The van der Waals surface area contributed by atoms with Gasteiger partial charge in [-0.2, -0.15) is 0 Å². The van der Waals surface area contributed by atoms with E-state index in [1.54, 1.807) is 4.90 Å². The largest absolute Gasteiger partial charge is 0.340 e. The number of carbonyl (C=O) groups excluding carboxylic acids is 2. The van der Waals surface area contributed by atoms with Gasteiger partial charge in [-0.25, -0.2) is 0 Å². The second-order valence-electron chi connectivity index (χ2n) is 6.36. The first-order valence-corrected chi connectivity index (χ1v) is 9.89. The van der Waals surface area contributed by atoms with Crippen molar-refractivity contribution in [3.8, 4) is 0 Å². The lowest BCUT2D eigenvalue weighted by molar-refractivity contribution is -0.133. The second kappa shape index (κ2) is 9.92. The molecule has 1 aromatic rings. The number of likely N-dealkylation sites (N-methyl/N-ethyl adjacent to an activating group) is 1. The average Bonchev–Trinajstić information content (AvgIpc) is 2.65. The molecule has 25 heavy (non-hydrogen) atoms.